The minimum absolute atomic E-state index is 0.0407. The number of aromatic nitrogens is 3. The zero-order valence-corrected chi connectivity index (χ0v) is 11.4. The highest BCUT2D eigenvalue weighted by atomic mass is 19.1. The minimum atomic E-state index is -0.541. The van der Waals surface area contributed by atoms with E-state index in [1.165, 1.54) is 12.1 Å². The Kier molecular flexibility index (Phi) is 3.86. The molecule has 1 aromatic carbocycles. The molecule has 0 bridgehead atoms. The molecule has 0 fully saturated rings. The Morgan fingerprint density at radius 3 is 2.73 bits per heavy atom. The van der Waals surface area contributed by atoms with Crippen molar-refractivity contribution in [2.45, 2.75) is 6.54 Å². The number of benzene rings is 1. The summed E-state index contributed by atoms with van der Waals surface area (Å²) in [5.41, 5.74) is 0.850. The van der Waals surface area contributed by atoms with Gasteiger partial charge >= 0.3 is 11.8 Å². The Labute approximate surface area is 125 Å². The van der Waals surface area contributed by atoms with E-state index in [4.69, 9.17) is 4.42 Å². The average molecular weight is 298 g/mol. The molecule has 6 nitrogen and oxygen atoms in total. The molecule has 0 aliphatic carbocycles. The molecule has 0 radical (unpaired) electrons. The van der Waals surface area contributed by atoms with Gasteiger partial charge < -0.3 is 9.73 Å². The molecule has 0 saturated heterocycles. The van der Waals surface area contributed by atoms with Crippen molar-refractivity contribution in [3.63, 3.8) is 0 Å². The molecule has 0 aliphatic heterocycles. The normalized spacial score (nSPS) is 10.4. The summed E-state index contributed by atoms with van der Waals surface area (Å²) >= 11 is 0. The number of nitrogens with one attached hydrogen (secondary N) is 1. The van der Waals surface area contributed by atoms with Gasteiger partial charge in [-0.05, 0) is 24.3 Å². The Hall–Kier alpha value is -3.09. The first-order chi connectivity index (χ1) is 10.7. The van der Waals surface area contributed by atoms with Crippen molar-refractivity contribution in [3.8, 4) is 11.5 Å². The standard InChI is InChI=1S/C15H11FN4O2/c16-12-7-2-1-6-11(12)14-19-20-15(22-14)13(21)18-9-10-5-3-4-8-17-10/h1-8H,9H2,(H,18,21). The van der Waals surface area contributed by atoms with E-state index in [1.54, 1.807) is 30.5 Å². The van der Waals surface area contributed by atoms with Crippen LogP contribution >= 0.6 is 0 Å². The maximum atomic E-state index is 13.6. The molecule has 0 atom stereocenters. The zero-order chi connectivity index (χ0) is 15.4. The Balaban J connectivity index is 1.71. The molecule has 1 N–H and O–H groups in total. The number of hydrogen-bond acceptors (Lipinski definition) is 5. The zero-order valence-electron chi connectivity index (χ0n) is 11.4. The molecule has 7 heteroatoms. The van der Waals surface area contributed by atoms with Crippen LogP contribution in [0.2, 0.25) is 0 Å². The van der Waals surface area contributed by atoms with Crippen molar-refractivity contribution in [2.75, 3.05) is 0 Å². The molecule has 3 rings (SSSR count). The van der Waals surface area contributed by atoms with Crippen LogP contribution in [-0.2, 0) is 6.54 Å². The second-order valence-electron chi connectivity index (χ2n) is 4.40. The van der Waals surface area contributed by atoms with Gasteiger partial charge in [-0.25, -0.2) is 4.39 Å². The Morgan fingerprint density at radius 1 is 1.14 bits per heavy atom. The van der Waals surface area contributed by atoms with Gasteiger partial charge in [0.1, 0.15) is 5.82 Å². The fraction of sp³-hybridized carbons (Fsp3) is 0.0667. The van der Waals surface area contributed by atoms with Crippen LogP contribution < -0.4 is 5.32 Å². The van der Waals surface area contributed by atoms with Crippen molar-refractivity contribution in [1.82, 2.24) is 20.5 Å². The van der Waals surface area contributed by atoms with Crippen molar-refractivity contribution >= 4 is 5.91 Å². The van der Waals surface area contributed by atoms with E-state index in [2.05, 4.69) is 20.5 Å². The molecule has 3 aromatic rings. The third kappa shape index (κ3) is 2.98. The molecule has 2 heterocycles. The average Bonchev–Trinajstić information content (AvgIpc) is 3.04. The maximum absolute atomic E-state index is 13.6. The van der Waals surface area contributed by atoms with Crippen LogP contribution in [0.4, 0.5) is 4.39 Å². The van der Waals surface area contributed by atoms with E-state index < -0.39 is 11.7 Å². The number of hydrogen-bond donors (Lipinski definition) is 1. The second kappa shape index (κ2) is 6.13. The third-order valence-corrected chi connectivity index (χ3v) is 2.88. The monoisotopic (exact) mass is 298 g/mol. The summed E-state index contributed by atoms with van der Waals surface area (Å²) in [6, 6.07) is 11.3. The van der Waals surface area contributed by atoms with Gasteiger partial charge in [0.15, 0.2) is 0 Å². The summed E-state index contributed by atoms with van der Waals surface area (Å²) in [6.45, 7) is 0.233. The summed E-state index contributed by atoms with van der Waals surface area (Å²) in [7, 11) is 0. The number of nitrogens with zero attached hydrogens (tertiary/aromatic N) is 3. The van der Waals surface area contributed by atoms with Crippen molar-refractivity contribution in [2.24, 2.45) is 0 Å². The van der Waals surface area contributed by atoms with Crippen molar-refractivity contribution in [3.05, 3.63) is 66.1 Å². The van der Waals surface area contributed by atoms with Gasteiger partial charge in [-0.3, -0.25) is 9.78 Å². The van der Waals surface area contributed by atoms with Crippen molar-refractivity contribution in [1.29, 1.82) is 0 Å². The van der Waals surface area contributed by atoms with Crippen LogP contribution in [0, 0.1) is 5.82 Å². The van der Waals surface area contributed by atoms with Gasteiger partial charge in [0.25, 0.3) is 5.89 Å². The second-order valence-corrected chi connectivity index (χ2v) is 4.40. The predicted octanol–water partition coefficient (Wildman–Crippen LogP) is 2.20. The molecule has 0 spiro atoms. The van der Waals surface area contributed by atoms with E-state index in [1.807, 2.05) is 6.07 Å². The van der Waals surface area contributed by atoms with E-state index in [-0.39, 0.29) is 23.9 Å². The molecule has 2 aromatic heterocycles. The van der Waals surface area contributed by atoms with Crippen LogP contribution in [0.5, 0.6) is 0 Å². The highest BCUT2D eigenvalue weighted by Crippen LogP contribution is 2.20. The lowest BCUT2D eigenvalue weighted by Gasteiger charge is -2.01. The largest absolute Gasteiger partial charge is 0.412 e. The first-order valence-electron chi connectivity index (χ1n) is 6.50. The summed E-state index contributed by atoms with van der Waals surface area (Å²) in [5, 5.41) is 9.92. The molecular weight excluding hydrogens is 287 g/mol. The number of carbonyl (C=O) groups is 1. The van der Waals surface area contributed by atoms with Crippen LogP contribution in [0.25, 0.3) is 11.5 Å². The highest BCUT2D eigenvalue weighted by molar-refractivity contribution is 5.89. The molecule has 0 unspecified atom stereocenters. The topological polar surface area (TPSA) is 80.9 Å². The Bertz CT molecular complexity index is 789. The first kappa shape index (κ1) is 13.9. The van der Waals surface area contributed by atoms with Gasteiger partial charge in [0, 0.05) is 6.20 Å². The van der Waals surface area contributed by atoms with Crippen LogP contribution in [-0.4, -0.2) is 21.1 Å². The predicted molar refractivity (Wildman–Crippen MR) is 75.1 cm³/mol. The SMILES string of the molecule is O=C(NCc1ccccn1)c1nnc(-c2ccccc2F)o1. The molecule has 0 saturated carbocycles. The van der Waals surface area contributed by atoms with Crippen LogP contribution in [0.3, 0.4) is 0 Å². The number of amides is 1. The lowest BCUT2D eigenvalue weighted by Crippen LogP contribution is -2.23. The highest BCUT2D eigenvalue weighted by Gasteiger charge is 2.17. The fourth-order valence-corrected chi connectivity index (χ4v) is 1.81. The summed E-state index contributed by atoms with van der Waals surface area (Å²) in [4.78, 5) is 16.0. The molecule has 0 aliphatic rings. The number of halogens is 1. The third-order valence-electron chi connectivity index (χ3n) is 2.88. The summed E-state index contributed by atoms with van der Waals surface area (Å²) < 4.78 is 18.8. The number of carbonyl (C=O) groups excluding carboxylic acids is 1. The van der Waals surface area contributed by atoms with Gasteiger partial charge in [-0.15, -0.1) is 10.2 Å². The van der Waals surface area contributed by atoms with Gasteiger partial charge in [0.05, 0.1) is 17.8 Å². The van der Waals surface area contributed by atoms with Gasteiger partial charge in [0.2, 0.25) is 0 Å². The lowest BCUT2D eigenvalue weighted by molar-refractivity contribution is 0.0916. The first-order valence-corrected chi connectivity index (χ1v) is 6.50. The maximum Gasteiger partial charge on any atom is 0.309 e. The molecular formula is C15H11FN4O2. The fourth-order valence-electron chi connectivity index (χ4n) is 1.81. The molecule has 22 heavy (non-hydrogen) atoms. The summed E-state index contributed by atoms with van der Waals surface area (Å²) in [5.74, 6) is -1.30. The van der Waals surface area contributed by atoms with Gasteiger partial charge in [-0.2, -0.15) is 0 Å². The van der Waals surface area contributed by atoms with E-state index in [0.717, 1.165) is 0 Å². The van der Waals surface area contributed by atoms with Crippen LogP contribution in [0.1, 0.15) is 16.4 Å². The summed E-state index contributed by atoms with van der Waals surface area (Å²) in [6.07, 6.45) is 1.63. The van der Waals surface area contributed by atoms with E-state index >= 15 is 0 Å². The number of rotatable bonds is 4. The Morgan fingerprint density at radius 2 is 1.95 bits per heavy atom. The van der Waals surface area contributed by atoms with Gasteiger partial charge in [-0.1, -0.05) is 18.2 Å². The quantitative estimate of drug-likeness (QED) is 0.798. The van der Waals surface area contributed by atoms with Crippen molar-refractivity contribution < 1.29 is 13.6 Å². The van der Waals surface area contributed by atoms with E-state index in [9.17, 15) is 9.18 Å². The molecule has 110 valence electrons. The lowest BCUT2D eigenvalue weighted by atomic mass is 10.2. The van der Waals surface area contributed by atoms with Crippen LogP contribution in [0.15, 0.2) is 53.1 Å². The minimum Gasteiger partial charge on any atom is -0.412 e. The van der Waals surface area contributed by atoms with E-state index in [0.29, 0.717) is 5.69 Å². The number of pyridine rings is 1. The molecule has 1 amide bonds. The smallest absolute Gasteiger partial charge is 0.309 e.